The van der Waals surface area contributed by atoms with Crippen molar-refractivity contribution in [1.29, 1.82) is 0 Å². The van der Waals surface area contributed by atoms with E-state index < -0.39 is 0 Å². The molecule has 0 radical (unpaired) electrons. The maximum atomic E-state index is 8.63. The van der Waals surface area contributed by atoms with Crippen LogP contribution < -0.4 is 5.32 Å². The second-order valence-electron chi connectivity index (χ2n) is 3.91. The minimum Gasteiger partial charge on any atom is -0.396 e. The second-order valence-corrected chi connectivity index (χ2v) is 4.76. The molecule has 0 saturated carbocycles. The lowest BCUT2D eigenvalue weighted by molar-refractivity contribution is 0.283. The van der Waals surface area contributed by atoms with Gasteiger partial charge in [-0.3, -0.25) is 0 Å². The number of aliphatic hydroxyl groups excluding tert-OH is 1. The van der Waals surface area contributed by atoms with Crippen LogP contribution in [0.2, 0.25) is 0 Å². The van der Waals surface area contributed by atoms with Crippen molar-refractivity contribution in [2.24, 2.45) is 0 Å². The average molecular weight is 287 g/mol. The third-order valence-electron chi connectivity index (χ3n) is 2.36. The molecule has 0 atom stereocenters. The second kappa shape index (κ2) is 7.63. The summed E-state index contributed by atoms with van der Waals surface area (Å²) in [6.45, 7) is 3.26. The van der Waals surface area contributed by atoms with Crippen LogP contribution in [0.25, 0.3) is 0 Å². The molecule has 0 spiro atoms. The highest BCUT2D eigenvalue weighted by Crippen LogP contribution is 2.20. The van der Waals surface area contributed by atoms with Gasteiger partial charge < -0.3 is 10.4 Å². The molecule has 0 aliphatic rings. The molecule has 0 bridgehead atoms. The maximum absolute atomic E-state index is 8.63. The Hall–Kier alpha value is -0.610. The Morgan fingerprint density at radius 2 is 2.06 bits per heavy atom. The molecule has 0 aliphatic carbocycles. The van der Waals surface area contributed by atoms with Gasteiger partial charge in [-0.2, -0.15) is 0 Å². The van der Waals surface area contributed by atoms with E-state index in [1.54, 1.807) is 0 Å². The molecule has 4 heteroatoms. The summed E-state index contributed by atoms with van der Waals surface area (Å²) >= 11 is 3.48. The number of aromatic nitrogens is 1. The summed E-state index contributed by atoms with van der Waals surface area (Å²) in [5, 5.41) is 11.9. The Morgan fingerprint density at radius 3 is 2.75 bits per heavy atom. The summed E-state index contributed by atoms with van der Waals surface area (Å²) < 4.78 is 1.02. The Kier molecular flexibility index (Phi) is 6.42. The summed E-state index contributed by atoms with van der Waals surface area (Å²) in [6, 6.07) is 2.06. The molecule has 0 unspecified atom stereocenters. The van der Waals surface area contributed by atoms with Crippen molar-refractivity contribution in [1.82, 2.24) is 4.98 Å². The lowest BCUT2D eigenvalue weighted by atomic mass is 10.2. The Bertz CT molecular complexity index is 318. The molecule has 1 aromatic heterocycles. The molecule has 90 valence electrons. The molecule has 3 nitrogen and oxygen atoms in total. The van der Waals surface area contributed by atoms with E-state index in [2.05, 4.69) is 32.3 Å². The molecule has 1 heterocycles. The first kappa shape index (κ1) is 13.5. The van der Waals surface area contributed by atoms with Gasteiger partial charge in [-0.1, -0.05) is 12.8 Å². The molecule has 2 N–H and O–H groups in total. The quantitative estimate of drug-likeness (QED) is 0.757. The van der Waals surface area contributed by atoms with Gasteiger partial charge >= 0.3 is 0 Å². The number of hydrogen-bond donors (Lipinski definition) is 2. The van der Waals surface area contributed by atoms with Gasteiger partial charge in [0.05, 0.1) is 4.47 Å². The van der Waals surface area contributed by atoms with Crippen LogP contribution >= 0.6 is 15.9 Å². The first-order chi connectivity index (χ1) is 7.74. The third-order valence-corrected chi connectivity index (χ3v) is 2.96. The van der Waals surface area contributed by atoms with E-state index >= 15 is 0 Å². The van der Waals surface area contributed by atoms with E-state index in [0.29, 0.717) is 6.61 Å². The van der Waals surface area contributed by atoms with Crippen LogP contribution in [0.3, 0.4) is 0 Å². The molecule has 0 aromatic carbocycles. The molecule has 0 amide bonds. The largest absolute Gasteiger partial charge is 0.396 e. The molecular weight excluding hydrogens is 268 g/mol. The average Bonchev–Trinajstić information content (AvgIpc) is 2.26. The zero-order valence-electron chi connectivity index (χ0n) is 9.67. The minimum atomic E-state index is 0.304. The molecule has 0 fully saturated rings. The van der Waals surface area contributed by atoms with Crippen molar-refractivity contribution < 1.29 is 5.11 Å². The van der Waals surface area contributed by atoms with Gasteiger partial charge in [0.1, 0.15) is 5.82 Å². The summed E-state index contributed by atoms with van der Waals surface area (Å²) in [4.78, 5) is 4.31. The summed E-state index contributed by atoms with van der Waals surface area (Å²) in [5.74, 6) is 0.910. The lowest BCUT2D eigenvalue weighted by Crippen LogP contribution is -2.04. The summed E-state index contributed by atoms with van der Waals surface area (Å²) in [6.07, 6.45) is 6.13. The number of rotatable bonds is 7. The molecule has 1 aromatic rings. The Balaban J connectivity index is 2.21. The molecule has 0 saturated heterocycles. The van der Waals surface area contributed by atoms with Gasteiger partial charge in [0.2, 0.25) is 0 Å². The van der Waals surface area contributed by atoms with Gasteiger partial charge in [0.25, 0.3) is 0 Å². The van der Waals surface area contributed by atoms with E-state index in [0.717, 1.165) is 48.1 Å². The fourth-order valence-electron chi connectivity index (χ4n) is 1.46. The van der Waals surface area contributed by atoms with E-state index in [9.17, 15) is 0 Å². The standard InChI is InChI=1S/C12H19BrN2O/c1-10-8-11(13)12(15-9-10)14-6-4-2-3-5-7-16/h8-9,16H,2-7H2,1H3,(H,14,15). The van der Waals surface area contributed by atoms with Crippen molar-refractivity contribution in [3.63, 3.8) is 0 Å². The highest BCUT2D eigenvalue weighted by atomic mass is 79.9. The van der Waals surface area contributed by atoms with Crippen LogP contribution in [0.4, 0.5) is 5.82 Å². The van der Waals surface area contributed by atoms with Crippen LogP contribution in [0.5, 0.6) is 0 Å². The van der Waals surface area contributed by atoms with Gasteiger partial charge in [0.15, 0.2) is 0 Å². The van der Waals surface area contributed by atoms with Crippen molar-refractivity contribution in [2.75, 3.05) is 18.5 Å². The predicted octanol–water partition coefficient (Wildman–Crippen LogP) is 3.12. The monoisotopic (exact) mass is 286 g/mol. The summed E-state index contributed by atoms with van der Waals surface area (Å²) in [7, 11) is 0. The number of nitrogens with zero attached hydrogens (tertiary/aromatic N) is 1. The normalized spacial score (nSPS) is 10.4. The lowest BCUT2D eigenvalue weighted by Gasteiger charge is -2.07. The van der Waals surface area contributed by atoms with Crippen molar-refractivity contribution in [2.45, 2.75) is 32.6 Å². The zero-order chi connectivity index (χ0) is 11.8. The van der Waals surface area contributed by atoms with Gasteiger partial charge in [-0.15, -0.1) is 0 Å². The number of anilines is 1. The number of pyridine rings is 1. The van der Waals surface area contributed by atoms with Crippen molar-refractivity contribution >= 4 is 21.7 Å². The van der Waals surface area contributed by atoms with Gasteiger partial charge in [-0.25, -0.2) is 4.98 Å². The predicted molar refractivity (Wildman–Crippen MR) is 70.7 cm³/mol. The van der Waals surface area contributed by atoms with E-state index in [-0.39, 0.29) is 0 Å². The number of nitrogens with one attached hydrogen (secondary N) is 1. The fraction of sp³-hybridized carbons (Fsp3) is 0.583. The number of aryl methyl sites for hydroxylation is 1. The van der Waals surface area contributed by atoms with Crippen LogP contribution in [0.15, 0.2) is 16.7 Å². The minimum absolute atomic E-state index is 0.304. The number of aliphatic hydroxyl groups is 1. The zero-order valence-corrected chi connectivity index (χ0v) is 11.3. The third kappa shape index (κ3) is 4.94. The van der Waals surface area contributed by atoms with E-state index in [1.165, 1.54) is 0 Å². The Labute approximate surface area is 105 Å². The van der Waals surface area contributed by atoms with Crippen LogP contribution in [0.1, 0.15) is 31.2 Å². The van der Waals surface area contributed by atoms with Crippen molar-refractivity contribution in [3.8, 4) is 0 Å². The topological polar surface area (TPSA) is 45.2 Å². The molecule has 1 rings (SSSR count). The smallest absolute Gasteiger partial charge is 0.140 e. The van der Waals surface area contributed by atoms with Crippen LogP contribution in [0, 0.1) is 6.92 Å². The molecule has 16 heavy (non-hydrogen) atoms. The SMILES string of the molecule is Cc1cnc(NCCCCCCO)c(Br)c1. The number of hydrogen-bond acceptors (Lipinski definition) is 3. The first-order valence-corrected chi connectivity index (χ1v) is 6.50. The highest BCUT2D eigenvalue weighted by molar-refractivity contribution is 9.10. The fourth-order valence-corrected chi connectivity index (χ4v) is 2.06. The molecule has 0 aliphatic heterocycles. The number of halogens is 1. The van der Waals surface area contributed by atoms with Gasteiger partial charge in [-0.05, 0) is 47.3 Å². The summed E-state index contributed by atoms with van der Waals surface area (Å²) in [5.41, 5.74) is 1.15. The van der Waals surface area contributed by atoms with Gasteiger partial charge in [0, 0.05) is 19.3 Å². The first-order valence-electron chi connectivity index (χ1n) is 5.71. The maximum Gasteiger partial charge on any atom is 0.140 e. The van der Waals surface area contributed by atoms with Crippen LogP contribution in [-0.4, -0.2) is 23.2 Å². The van der Waals surface area contributed by atoms with E-state index in [1.807, 2.05) is 13.1 Å². The van der Waals surface area contributed by atoms with E-state index in [4.69, 9.17) is 5.11 Å². The number of unbranched alkanes of at least 4 members (excludes halogenated alkanes) is 3. The Morgan fingerprint density at radius 1 is 1.31 bits per heavy atom. The van der Waals surface area contributed by atoms with Crippen LogP contribution in [-0.2, 0) is 0 Å². The molecular formula is C12H19BrN2O. The van der Waals surface area contributed by atoms with Crippen molar-refractivity contribution in [3.05, 3.63) is 22.3 Å². The highest BCUT2D eigenvalue weighted by Gasteiger charge is 2.00.